The van der Waals surface area contributed by atoms with E-state index >= 15 is 0 Å². The number of hydrogen-bond acceptors (Lipinski definition) is 2. The topological polar surface area (TPSA) is 32.3 Å². The summed E-state index contributed by atoms with van der Waals surface area (Å²) in [5.41, 5.74) is 2.85. The second kappa shape index (κ2) is 2.48. The van der Waals surface area contributed by atoms with Crippen LogP contribution in [0.3, 0.4) is 0 Å². The molecule has 0 radical (unpaired) electrons. The van der Waals surface area contributed by atoms with E-state index in [1.54, 1.807) is 0 Å². The van der Waals surface area contributed by atoms with E-state index in [-0.39, 0.29) is 11.8 Å². The van der Waals surface area contributed by atoms with Crippen molar-refractivity contribution in [3.05, 3.63) is 0 Å². The van der Waals surface area contributed by atoms with Crippen LogP contribution < -0.4 is 5.43 Å². The Morgan fingerprint density at radius 3 is 2.91 bits per heavy atom. The van der Waals surface area contributed by atoms with Gasteiger partial charge in [-0.1, -0.05) is 12.8 Å². The summed E-state index contributed by atoms with van der Waals surface area (Å²) in [7, 11) is 1.97. The third-order valence-electron chi connectivity index (χ3n) is 2.85. The molecule has 1 heterocycles. The van der Waals surface area contributed by atoms with Crippen LogP contribution in [0.25, 0.3) is 0 Å². The van der Waals surface area contributed by atoms with Crippen LogP contribution in [0.15, 0.2) is 0 Å². The largest absolute Gasteiger partial charge is 0.289 e. The second-order valence-corrected chi connectivity index (χ2v) is 3.55. The number of nitrogens with zero attached hydrogens (tertiary/aromatic N) is 1. The van der Waals surface area contributed by atoms with Crippen LogP contribution in [0.1, 0.15) is 25.7 Å². The summed E-state index contributed by atoms with van der Waals surface area (Å²) >= 11 is 0. The summed E-state index contributed by atoms with van der Waals surface area (Å²) in [4.78, 5) is 11.3. The van der Waals surface area contributed by atoms with Crippen molar-refractivity contribution in [2.75, 3.05) is 7.05 Å². The van der Waals surface area contributed by atoms with E-state index in [2.05, 4.69) is 5.43 Å². The smallest absolute Gasteiger partial charge is 0.239 e. The van der Waals surface area contributed by atoms with E-state index in [4.69, 9.17) is 0 Å². The molecule has 2 unspecified atom stereocenters. The molecule has 62 valence electrons. The quantitative estimate of drug-likeness (QED) is 0.551. The standard InChI is InChI=1S/C8H14N2O/c1-10-7-5-3-2-4-6(7)8(11)9-10/h6-7H,2-5H2,1H3,(H,9,11). The predicted molar refractivity (Wildman–Crippen MR) is 41.7 cm³/mol. The highest BCUT2D eigenvalue weighted by molar-refractivity contribution is 5.81. The normalized spacial score (nSPS) is 38.5. The van der Waals surface area contributed by atoms with Crippen molar-refractivity contribution in [1.82, 2.24) is 10.4 Å². The Labute approximate surface area is 66.7 Å². The highest BCUT2D eigenvalue weighted by Gasteiger charge is 2.39. The molecule has 1 aliphatic carbocycles. The maximum absolute atomic E-state index is 11.3. The average molecular weight is 154 g/mol. The Morgan fingerprint density at radius 1 is 1.45 bits per heavy atom. The Bertz CT molecular complexity index is 181. The molecule has 1 amide bonds. The molecule has 3 nitrogen and oxygen atoms in total. The molecule has 0 aromatic heterocycles. The lowest BCUT2D eigenvalue weighted by Gasteiger charge is -2.25. The maximum Gasteiger partial charge on any atom is 0.239 e. The highest BCUT2D eigenvalue weighted by Crippen LogP contribution is 2.30. The van der Waals surface area contributed by atoms with Crippen LogP contribution in [-0.4, -0.2) is 24.0 Å². The number of amides is 1. The first-order valence-electron chi connectivity index (χ1n) is 4.32. The van der Waals surface area contributed by atoms with Gasteiger partial charge in [0.25, 0.3) is 0 Å². The van der Waals surface area contributed by atoms with Crippen molar-refractivity contribution in [2.24, 2.45) is 5.92 Å². The zero-order valence-corrected chi connectivity index (χ0v) is 6.84. The molecule has 1 saturated heterocycles. The summed E-state index contributed by atoms with van der Waals surface area (Å²) < 4.78 is 0. The van der Waals surface area contributed by atoms with Crippen molar-refractivity contribution in [2.45, 2.75) is 31.7 Å². The summed E-state index contributed by atoms with van der Waals surface area (Å²) in [6.45, 7) is 0. The van der Waals surface area contributed by atoms with Crippen LogP contribution in [0.5, 0.6) is 0 Å². The van der Waals surface area contributed by atoms with E-state index in [1.165, 1.54) is 19.3 Å². The Morgan fingerprint density at radius 2 is 2.18 bits per heavy atom. The summed E-state index contributed by atoms with van der Waals surface area (Å²) in [6, 6.07) is 0.483. The van der Waals surface area contributed by atoms with Crippen molar-refractivity contribution in [3.63, 3.8) is 0 Å². The van der Waals surface area contributed by atoms with Crippen LogP contribution in [0, 0.1) is 5.92 Å². The summed E-state index contributed by atoms with van der Waals surface area (Å²) in [5, 5.41) is 1.98. The van der Waals surface area contributed by atoms with Crippen LogP contribution in [0.4, 0.5) is 0 Å². The number of carbonyl (C=O) groups excluding carboxylic acids is 1. The maximum atomic E-state index is 11.3. The summed E-state index contributed by atoms with van der Waals surface area (Å²) in [6.07, 6.45) is 4.77. The third-order valence-corrected chi connectivity index (χ3v) is 2.85. The number of hydrazine groups is 1. The van der Waals surface area contributed by atoms with Gasteiger partial charge in [-0.3, -0.25) is 10.2 Å². The SMILES string of the molecule is CN1NC(=O)C2CCCCC21. The lowest BCUT2D eigenvalue weighted by Crippen LogP contribution is -2.35. The molecule has 0 bridgehead atoms. The summed E-state index contributed by atoms with van der Waals surface area (Å²) in [5.74, 6) is 0.519. The first-order valence-corrected chi connectivity index (χ1v) is 4.32. The second-order valence-electron chi connectivity index (χ2n) is 3.55. The lowest BCUT2D eigenvalue weighted by molar-refractivity contribution is -0.123. The van der Waals surface area contributed by atoms with E-state index in [9.17, 15) is 4.79 Å². The fraction of sp³-hybridized carbons (Fsp3) is 0.875. The third kappa shape index (κ3) is 1.03. The average Bonchev–Trinajstić information content (AvgIpc) is 2.30. The van der Waals surface area contributed by atoms with Gasteiger partial charge in [0, 0.05) is 13.1 Å². The number of fused-ring (bicyclic) bond motifs is 1. The van der Waals surface area contributed by atoms with Gasteiger partial charge in [-0.2, -0.15) is 0 Å². The minimum atomic E-state index is 0.234. The molecule has 2 fully saturated rings. The van der Waals surface area contributed by atoms with Gasteiger partial charge in [0.1, 0.15) is 0 Å². The molecular weight excluding hydrogens is 140 g/mol. The van der Waals surface area contributed by atoms with Gasteiger partial charge >= 0.3 is 0 Å². The molecule has 3 heteroatoms. The Kier molecular flexibility index (Phi) is 1.60. The van der Waals surface area contributed by atoms with E-state index in [0.29, 0.717) is 6.04 Å². The van der Waals surface area contributed by atoms with Gasteiger partial charge in [-0.05, 0) is 12.8 Å². The highest BCUT2D eigenvalue weighted by atomic mass is 16.2. The van der Waals surface area contributed by atoms with Crippen molar-refractivity contribution < 1.29 is 4.79 Å². The number of hydrogen-bond donors (Lipinski definition) is 1. The van der Waals surface area contributed by atoms with Gasteiger partial charge in [-0.15, -0.1) is 0 Å². The van der Waals surface area contributed by atoms with Gasteiger partial charge in [0.2, 0.25) is 5.91 Å². The molecule has 1 saturated carbocycles. The van der Waals surface area contributed by atoms with Crippen LogP contribution in [0.2, 0.25) is 0 Å². The van der Waals surface area contributed by atoms with Crippen molar-refractivity contribution in [3.8, 4) is 0 Å². The van der Waals surface area contributed by atoms with Crippen molar-refractivity contribution in [1.29, 1.82) is 0 Å². The van der Waals surface area contributed by atoms with Gasteiger partial charge in [0.05, 0.1) is 5.92 Å². The zero-order valence-electron chi connectivity index (χ0n) is 6.84. The van der Waals surface area contributed by atoms with E-state index in [0.717, 1.165) is 6.42 Å². The molecule has 1 N–H and O–H groups in total. The lowest BCUT2D eigenvalue weighted by atomic mass is 9.85. The molecule has 11 heavy (non-hydrogen) atoms. The molecule has 2 aliphatic rings. The fourth-order valence-corrected chi connectivity index (χ4v) is 2.22. The molecule has 0 aromatic rings. The predicted octanol–water partition coefficient (Wildman–Crippen LogP) is 0.522. The molecular formula is C8H14N2O. The molecule has 0 spiro atoms. The minimum Gasteiger partial charge on any atom is -0.289 e. The Hall–Kier alpha value is -0.570. The minimum absolute atomic E-state index is 0.234. The molecule has 1 aliphatic heterocycles. The number of carbonyl (C=O) groups is 1. The van der Waals surface area contributed by atoms with Crippen LogP contribution in [-0.2, 0) is 4.79 Å². The van der Waals surface area contributed by atoms with E-state index < -0.39 is 0 Å². The first kappa shape index (κ1) is 7.10. The zero-order chi connectivity index (χ0) is 7.84. The van der Waals surface area contributed by atoms with Gasteiger partial charge < -0.3 is 0 Å². The molecule has 2 atom stereocenters. The Balaban J connectivity index is 2.13. The fourth-order valence-electron chi connectivity index (χ4n) is 2.22. The van der Waals surface area contributed by atoms with Gasteiger partial charge in [-0.25, -0.2) is 5.01 Å². The van der Waals surface area contributed by atoms with Gasteiger partial charge in [0.15, 0.2) is 0 Å². The van der Waals surface area contributed by atoms with E-state index in [1.807, 2.05) is 12.1 Å². The number of rotatable bonds is 0. The number of nitrogens with one attached hydrogen (secondary N) is 1. The first-order chi connectivity index (χ1) is 5.29. The van der Waals surface area contributed by atoms with Crippen LogP contribution >= 0.6 is 0 Å². The molecule has 0 aromatic carbocycles. The molecule has 2 rings (SSSR count). The monoisotopic (exact) mass is 154 g/mol. The van der Waals surface area contributed by atoms with Crippen molar-refractivity contribution >= 4 is 5.91 Å².